The Hall–Kier alpha value is -2.54. The molecule has 2 aromatic carbocycles. The average molecular weight is 402 g/mol. The van der Waals surface area contributed by atoms with Gasteiger partial charge >= 0.3 is 5.56 Å². The highest BCUT2D eigenvalue weighted by atomic mass is 35.5. The van der Waals surface area contributed by atoms with Crippen LogP contribution < -0.4 is 15.7 Å². The zero-order chi connectivity index (χ0) is 18.3. The first-order valence-electron chi connectivity index (χ1n) is 7.49. The minimum atomic E-state index is -0.478. The van der Waals surface area contributed by atoms with Crippen molar-refractivity contribution < 1.29 is 0 Å². The molecule has 5 nitrogen and oxygen atoms in total. The lowest BCUT2D eigenvalue weighted by Crippen LogP contribution is -2.26. The molecule has 4 aromatic rings. The molecule has 0 radical (unpaired) electrons. The van der Waals surface area contributed by atoms with E-state index in [4.69, 9.17) is 23.2 Å². The molecular formula is C18H9Cl2N3O2S. The normalized spacial score (nSPS) is 12.0. The summed E-state index contributed by atoms with van der Waals surface area (Å²) in [6, 6.07) is 13.9. The molecule has 0 bridgehead atoms. The minimum absolute atomic E-state index is 0.133. The average Bonchev–Trinajstić information content (AvgIpc) is 2.92. The number of halogens is 2. The van der Waals surface area contributed by atoms with Crippen molar-refractivity contribution in [3.05, 3.63) is 89.4 Å². The molecular weight excluding hydrogens is 393 g/mol. The van der Waals surface area contributed by atoms with E-state index in [2.05, 4.69) is 10.1 Å². The highest BCUT2D eigenvalue weighted by Gasteiger charge is 2.12. The zero-order valence-electron chi connectivity index (χ0n) is 13.0. The molecule has 8 heteroatoms. The predicted molar refractivity (Wildman–Crippen MR) is 104 cm³/mol. The summed E-state index contributed by atoms with van der Waals surface area (Å²) in [7, 11) is 0. The van der Waals surface area contributed by atoms with Gasteiger partial charge in [0.15, 0.2) is 5.69 Å². The second-order valence-electron chi connectivity index (χ2n) is 5.41. The van der Waals surface area contributed by atoms with Crippen LogP contribution in [0.4, 0.5) is 0 Å². The highest BCUT2D eigenvalue weighted by molar-refractivity contribution is 7.15. The third-order valence-electron chi connectivity index (χ3n) is 3.68. The second-order valence-corrected chi connectivity index (χ2v) is 7.26. The number of fused-ring (bicyclic) bond motifs is 1. The van der Waals surface area contributed by atoms with E-state index in [1.165, 1.54) is 0 Å². The van der Waals surface area contributed by atoms with Crippen LogP contribution in [0.25, 0.3) is 22.3 Å². The monoisotopic (exact) mass is 401 g/mol. The molecule has 0 aliphatic rings. The first-order chi connectivity index (χ1) is 12.5. The number of benzene rings is 2. The molecule has 26 heavy (non-hydrogen) atoms. The predicted octanol–water partition coefficient (Wildman–Crippen LogP) is 3.03. The highest BCUT2D eigenvalue weighted by Crippen LogP contribution is 2.21. The molecule has 4 rings (SSSR count). The van der Waals surface area contributed by atoms with E-state index in [1.54, 1.807) is 48.5 Å². The molecule has 0 amide bonds. The molecule has 0 fully saturated rings. The van der Waals surface area contributed by atoms with Gasteiger partial charge in [-0.2, -0.15) is 14.6 Å². The van der Waals surface area contributed by atoms with Gasteiger partial charge in [0.05, 0.1) is 4.53 Å². The van der Waals surface area contributed by atoms with Crippen molar-refractivity contribution in [3.8, 4) is 11.3 Å². The number of rotatable bonds is 2. The van der Waals surface area contributed by atoms with Gasteiger partial charge in [0.1, 0.15) is 0 Å². The van der Waals surface area contributed by atoms with E-state index in [1.807, 2.05) is 6.07 Å². The molecule has 0 aliphatic carbocycles. The standard InChI is InChI=1S/C18H9Cl2N3O2S/c19-12-7-6-11(13(20)9-12)8-14-17(25)23-18(26-14)21-16(24)15(22-23)10-4-2-1-3-5-10/h1-9H/b14-8+. The minimum Gasteiger partial charge on any atom is -0.266 e. The lowest BCUT2D eigenvalue weighted by molar-refractivity contribution is 0.873. The Morgan fingerprint density at radius 2 is 1.81 bits per heavy atom. The van der Waals surface area contributed by atoms with Crippen LogP contribution >= 0.6 is 34.5 Å². The van der Waals surface area contributed by atoms with Gasteiger partial charge in [0.25, 0.3) is 5.56 Å². The van der Waals surface area contributed by atoms with Crippen LogP contribution in [0.5, 0.6) is 0 Å². The zero-order valence-corrected chi connectivity index (χ0v) is 15.3. The van der Waals surface area contributed by atoms with Gasteiger partial charge in [0.2, 0.25) is 4.96 Å². The van der Waals surface area contributed by atoms with Crippen LogP contribution in [0.15, 0.2) is 58.1 Å². The number of hydrogen-bond donors (Lipinski definition) is 0. The van der Waals surface area contributed by atoms with Crippen molar-refractivity contribution in [2.24, 2.45) is 0 Å². The number of hydrogen-bond acceptors (Lipinski definition) is 5. The van der Waals surface area contributed by atoms with Crippen LogP contribution in [0, 0.1) is 0 Å². The molecule has 128 valence electrons. The lowest BCUT2D eigenvalue weighted by atomic mass is 10.2. The van der Waals surface area contributed by atoms with Crippen molar-refractivity contribution in [3.63, 3.8) is 0 Å². The molecule has 0 unspecified atom stereocenters. The number of nitrogens with zero attached hydrogens (tertiary/aromatic N) is 3. The van der Waals surface area contributed by atoms with Crippen molar-refractivity contribution in [1.29, 1.82) is 0 Å². The Labute approximate surface area is 160 Å². The van der Waals surface area contributed by atoms with E-state index in [9.17, 15) is 9.59 Å². The van der Waals surface area contributed by atoms with Crippen LogP contribution in [-0.2, 0) is 0 Å². The van der Waals surface area contributed by atoms with E-state index >= 15 is 0 Å². The maximum Gasteiger partial charge on any atom is 0.300 e. The summed E-state index contributed by atoms with van der Waals surface area (Å²) in [5.74, 6) is 0. The van der Waals surface area contributed by atoms with Crippen molar-refractivity contribution in [2.45, 2.75) is 0 Å². The van der Waals surface area contributed by atoms with Gasteiger partial charge in [-0.05, 0) is 23.8 Å². The van der Waals surface area contributed by atoms with Gasteiger partial charge < -0.3 is 0 Å². The largest absolute Gasteiger partial charge is 0.300 e. The number of aromatic nitrogens is 3. The maximum atomic E-state index is 12.7. The van der Waals surface area contributed by atoms with Crippen molar-refractivity contribution >= 4 is 45.6 Å². The molecule has 0 spiro atoms. The summed E-state index contributed by atoms with van der Waals surface area (Å²) in [5.41, 5.74) is 0.547. The fourth-order valence-electron chi connectivity index (χ4n) is 2.45. The Bertz CT molecular complexity index is 1300. The summed E-state index contributed by atoms with van der Waals surface area (Å²) in [6.45, 7) is 0. The van der Waals surface area contributed by atoms with Crippen LogP contribution in [0.1, 0.15) is 5.56 Å². The first-order valence-corrected chi connectivity index (χ1v) is 9.06. The van der Waals surface area contributed by atoms with Gasteiger partial charge in [-0.15, -0.1) is 0 Å². The Balaban J connectivity index is 1.94. The van der Waals surface area contributed by atoms with Crippen LogP contribution in [-0.4, -0.2) is 14.6 Å². The maximum absolute atomic E-state index is 12.7. The Kier molecular flexibility index (Phi) is 4.32. The summed E-state index contributed by atoms with van der Waals surface area (Å²) < 4.78 is 1.52. The third-order valence-corrected chi connectivity index (χ3v) is 5.20. The summed E-state index contributed by atoms with van der Waals surface area (Å²) in [6.07, 6.45) is 1.63. The van der Waals surface area contributed by atoms with Gasteiger partial charge in [-0.3, -0.25) is 9.59 Å². The molecule has 0 atom stereocenters. The van der Waals surface area contributed by atoms with Gasteiger partial charge in [-0.25, -0.2) is 0 Å². The molecule has 2 heterocycles. The summed E-state index contributed by atoms with van der Waals surface area (Å²) >= 11 is 13.1. The van der Waals surface area contributed by atoms with Crippen molar-refractivity contribution in [2.75, 3.05) is 0 Å². The SMILES string of the molecule is O=c1nc2s/c(=C/c3ccc(Cl)cc3Cl)c(=O)n2nc1-c1ccccc1. The van der Waals surface area contributed by atoms with Gasteiger partial charge in [0, 0.05) is 15.6 Å². The van der Waals surface area contributed by atoms with E-state index < -0.39 is 5.56 Å². The molecule has 0 N–H and O–H groups in total. The van der Waals surface area contributed by atoms with E-state index in [0.29, 0.717) is 25.7 Å². The number of thiazole rings is 1. The fourth-order valence-corrected chi connectivity index (χ4v) is 3.80. The molecule has 0 saturated carbocycles. The Morgan fingerprint density at radius 1 is 1.04 bits per heavy atom. The molecule has 2 aromatic heterocycles. The lowest BCUT2D eigenvalue weighted by Gasteiger charge is -1.98. The molecule has 0 saturated heterocycles. The van der Waals surface area contributed by atoms with E-state index in [-0.39, 0.29) is 16.2 Å². The topological polar surface area (TPSA) is 64.3 Å². The van der Waals surface area contributed by atoms with E-state index in [0.717, 1.165) is 15.9 Å². The summed E-state index contributed by atoms with van der Waals surface area (Å²) in [5, 5.41) is 5.14. The molecule has 0 aliphatic heterocycles. The quantitative estimate of drug-likeness (QED) is 0.517. The van der Waals surface area contributed by atoms with Gasteiger partial charge in [-0.1, -0.05) is 70.9 Å². The van der Waals surface area contributed by atoms with Crippen molar-refractivity contribution in [1.82, 2.24) is 14.6 Å². The summed E-state index contributed by atoms with van der Waals surface area (Å²) in [4.78, 5) is 29.2. The smallest absolute Gasteiger partial charge is 0.266 e. The van der Waals surface area contributed by atoms with Crippen LogP contribution in [0.2, 0.25) is 10.0 Å². The van der Waals surface area contributed by atoms with Crippen LogP contribution in [0.3, 0.4) is 0 Å². The second kappa shape index (κ2) is 6.64. The first kappa shape index (κ1) is 16.9. The fraction of sp³-hybridized carbons (Fsp3) is 0. The third kappa shape index (κ3) is 3.03. The Morgan fingerprint density at radius 3 is 2.54 bits per heavy atom.